The molecule has 0 aliphatic rings. The first-order chi connectivity index (χ1) is 14.8. The largest absolute Gasteiger partial charge is 0.496 e. The second kappa shape index (κ2) is 9.55. The Morgan fingerprint density at radius 1 is 1.19 bits per heavy atom. The summed E-state index contributed by atoms with van der Waals surface area (Å²) < 4.78 is 11.1. The van der Waals surface area contributed by atoms with Gasteiger partial charge in [-0.15, -0.1) is 0 Å². The molecule has 0 fully saturated rings. The molecule has 0 radical (unpaired) electrons. The van der Waals surface area contributed by atoms with Crippen LogP contribution < -0.4 is 10.1 Å². The van der Waals surface area contributed by atoms with Gasteiger partial charge in [0.2, 0.25) is 0 Å². The first-order valence-electron chi connectivity index (χ1n) is 10.2. The molecule has 0 saturated carbocycles. The number of esters is 1. The zero-order valence-corrected chi connectivity index (χ0v) is 18.6. The van der Waals surface area contributed by atoms with Crippen molar-refractivity contribution >= 4 is 22.9 Å². The number of rotatable bonds is 7. The molecule has 7 heteroatoms. The molecule has 1 heterocycles. The number of benzene rings is 2. The quantitative estimate of drug-likeness (QED) is 0.558. The zero-order chi connectivity index (χ0) is 22.5. The maximum absolute atomic E-state index is 12.8. The highest BCUT2D eigenvalue weighted by molar-refractivity contribution is 5.92. The van der Waals surface area contributed by atoms with Gasteiger partial charge in [-0.05, 0) is 50.1 Å². The van der Waals surface area contributed by atoms with Gasteiger partial charge in [0, 0.05) is 48.9 Å². The summed E-state index contributed by atoms with van der Waals surface area (Å²) in [7, 11) is 5.00. The van der Waals surface area contributed by atoms with Crippen molar-refractivity contribution < 1.29 is 19.1 Å². The van der Waals surface area contributed by atoms with Gasteiger partial charge in [-0.3, -0.25) is 0 Å². The molecule has 1 aromatic heterocycles. The van der Waals surface area contributed by atoms with E-state index in [2.05, 4.69) is 16.4 Å². The van der Waals surface area contributed by atoms with Crippen molar-refractivity contribution in [2.75, 3.05) is 27.7 Å². The molecule has 3 rings (SSSR count). The number of hydrogen-bond acceptors (Lipinski definition) is 4. The lowest BCUT2D eigenvalue weighted by Gasteiger charge is -2.15. The van der Waals surface area contributed by atoms with Crippen LogP contribution in [0.15, 0.2) is 42.6 Å². The Kier molecular flexibility index (Phi) is 6.84. The van der Waals surface area contributed by atoms with Gasteiger partial charge in [0.1, 0.15) is 11.9 Å². The van der Waals surface area contributed by atoms with Crippen LogP contribution in [0.5, 0.6) is 5.75 Å². The van der Waals surface area contributed by atoms with Gasteiger partial charge in [-0.1, -0.05) is 12.1 Å². The second-order valence-corrected chi connectivity index (χ2v) is 7.68. The Labute approximate surface area is 182 Å². The highest BCUT2D eigenvalue weighted by atomic mass is 16.5. The second-order valence-electron chi connectivity index (χ2n) is 7.68. The van der Waals surface area contributed by atoms with Crippen molar-refractivity contribution in [3.63, 3.8) is 0 Å². The summed E-state index contributed by atoms with van der Waals surface area (Å²) in [6.07, 6.45) is 2.14. The van der Waals surface area contributed by atoms with Crippen LogP contribution in [0.2, 0.25) is 0 Å². The molecule has 0 spiro atoms. The highest BCUT2D eigenvalue weighted by Gasteiger charge is 2.19. The van der Waals surface area contributed by atoms with Gasteiger partial charge in [-0.25, -0.2) is 9.59 Å². The van der Waals surface area contributed by atoms with Crippen LogP contribution in [-0.4, -0.2) is 49.6 Å². The number of fused-ring (bicyclic) bond motifs is 1. The van der Waals surface area contributed by atoms with Crippen LogP contribution in [0.25, 0.3) is 10.9 Å². The molecule has 0 bridgehead atoms. The van der Waals surface area contributed by atoms with E-state index in [1.807, 2.05) is 38.2 Å². The molecular weight excluding hydrogens is 394 g/mol. The number of hydrogen-bond donors (Lipinski definition) is 2. The lowest BCUT2D eigenvalue weighted by atomic mass is 10.0. The molecule has 2 amide bonds. The number of aromatic amines is 1. The van der Waals surface area contributed by atoms with E-state index < -0.39 is 6.10 Å². The number of ether oxygens (including phenoxy) is 2. The van der Waals surface area contributed by atoms with Crippen molar-refractivity contribution in [2.45, 2.75) is 26.4 Å². The summed E-state index contributed by atoms with van der Waals surface area (Å²) in [4.78, 5) is 29.2. The Morgan fingerprint density at radius 2 is 1.97 bits per heavy atom. The molecule has 31 heavy (non-hydrogen) atoms. The standard InChI is InChI=1S/C24H29N3O4/c1-15-18(7-6-8-22(15)30-5)23(28)31-16(2)20-14-26-21-10-9-17(13-19(20)21)11-12-25-24(29)27(3)4/h6-10,13-14,16,26H,11-12H2,1-5H3,(H,25,29). The number of methoxy groups -OCH3 is 1. The molecule has 164 valence electrons. The molecule has 0 aliphatic heterocycles. The van der Waals surface area contributed by atoms with Crippen LogP contribution in [0.3, 0.4) is 0 Å². The minimum atomic E-state index is -0.435. The van der Waals surface area contributed by atoms with E-state index in [0.717, 1.165) is 27.6 Å². The molecular formula is C24H29N3O4. The Hall–Kier alpha value is -3.48. The average Bonchev–Trinajstić information content (AvgIpc) is 3.17. The van der Waals surface area contributed by atoms with Crippen molar-refractivity contribution in [3.05, 3.63) is 64.8 Å². The number of nitrogens with one attached hydrogen (secondary N) is 2. The molecule has 7 nitrogen and oxygen atoms in total. The van der Waals surface area contributed by atoms with E-state index in [1.54, 1.807) is 33.3 Å². The predicted octanol–water partition coefficient (Wildman–Crippen LogP) is 4.22. The molecule has 2 aromatic carbocycles. The number of aromatic nitrogens is 1. The van der Waals surface area contributed by atoms with Crippen LogP contribution in [0.4, 0.5) is 4.79 Å². The zero-order valence-electron chi connectivity index (χ0n) is 18.6. The fourth-order valence-corrected chi connectivity index (χ4v) is 3.50. The molecule has 0 saturated heterocycles. The summed E-state index contributed by atoms with van der Waals surface area (Å²) in [5.41, 5.74) is 4.21. The number of carbonyl (C=O) groups is 2. The third kappa shape index (κ3) is 4.99. The third-order valence-electron chi connectivity index (χ3n) is 5.32. The van der Waals surface area contributed by atoms with Crippen LogP contribution in [-0.2, 0) is 11.2 Å². The number of carbonyl (C=O) groups excluding carboxylic acids is 2. The molecule has 1 unspecified atom stereocenters. The summed E-state index contributed by atoms with van der Waals surface area (Å²) in [6, 6.07) is 11.3. The summed E-state index contributed by atoms with van der Waals surface area (Å²) in [5.74, 6) is 0.265. The van der Waals surface area contributed by atoms with E-state index in [9.17, 15) is 9.59 Å². The number of amides is 2. The maximum Gasteiger partial charge on any atom is 0.339 e. The van der Waals surface area contributed by atoms with Gasteiger partial charge in [0.15, 0.2) is 0 Å². The first-order valence-corrected chi connectivity index (χ1v) is 10.2. The lowest BCUT2D eigenvalue weighted by Crippen LogP contribution is -2.35. The van der Waals surface area contributed by atoms with Gasteiger partial charge in [-0.2, -0.15) is 0 Å². The van der Waals surface area contributed by atoms with E-state index in [0.29, 0.717) is 24.3 Å². The van der Waals surface area contributed by atoms with E-state index in [4.69, 9.17) is 9.47 Å². The van der Waals surface area contributed by atoms with Gasteiger partial charge in [0.05, 0.1) is 12.7 Å². The molecule has 1 atom stereocenters. The minimum Gasteiger partial charge on any atom is -0.496 e. The highest BCUT2D eigenvalue weighted by Crippen LogP contribution is 2.29. The topological polar surface area (TPSA) is 83.7 Å². The van der Waals surface area contributed by atoms with Crippen molar-refractivity contribution in [1.82, 2.24) is 15.2 Å². The average molecular weight is 424 g/mol. The molecule has 2 N–H and O–H groups in total. The lowest BCUT2D eigenvalue weighted by molar-refractivity contribution is 0.0339. The van der Waals surface area contributed by atoms with Crippen LogP contribution in [0, 0.1) is 6.92 Å². The summed E-state index contributed by atoms with van der Waals surface area (Å²) in [6.45, 7) is 4.25. The monoisotopic (exact) mass is 423 g/mol. The fraction of sp³-hybridized carbons (Fsp3) is 0.333. The summed E-state index contributed by atoms with van der Waals surface area (Å²) >= 11 is 0. The van der Waals surface area contributed by atoms with Crippen LogP contribution in [0.1, 0.15) is 40.1 Å². The van der Waals surface area contributed by atoms with Gasteiger partial charge in [0.25, 0.3) is 0 Å². The van der Waals surface area contributed by atoms with Gasteiger partial charge < -0.3 is 24.7 Å². The maximum atomic E-state index is 12.8. The summed E-state index contributed by atoms with van der Waals surface area (Å²) in [5, 5.41) is 3.87. The Bertz CT molecular complexity index is 1090. The van der Waals surface area contributed by atoms with Crippen LogP contribution >= 0.6 is 0 Å². The van der Waals surface area contributed by atoms with Gasteiger partial charge >= 0.3 is 12.0 Å². The van der Waals surface area contributed by atoms with E-state index >= 15 is 0 Å². The Balaban J connectivity index is 1.74. The number of nitrogens with zero attached hydrogens (tertiary/aromatic N) is 1. The smallest absolute Gasteiger partial charge is 0.339 e. The normalized spacial score (nSPS) is 11.8. The molecule has 0 aliphatic carbocycles. The fourth-order valence-electron chi connectivity index (χ4n) is 3.50. The minimum absolute atomic E-state index is 0.114. The number of urea groups is 1. The van der Waals surface area contributed by atoms with Crippen molar-refractivity contribution in [1.29, 1.82) is 0 Å². The first kappa shape index (κ1) is 22.2. The van der Waals surface area contributed by atoms with Crippen molar-refractivity contribution in [3.8, 4) is 5.75 Å². The molecule has 3 aromatic rings. The number of H-pyrrole nitrogens is 1. The van der Waals surface area contributed by atoms with Crippen molar-refractivity contribution in [2.24, 2.45) is 0 Å². The van der Waals surface area contributed by atoms with E-state index in [-0.39, 0.29) is 12.0 Å². The third-order valence-corrected chi connectivity index (χ3v) is 5.32. The predicted molar refractivity (Wildman–Crippen MR) is 121 cm³/mol. The van der Waals surface area contributed by atoms with E-state index in [1.165, 1.54) is 4.90 Å². The SMILES string of the molecule is COc1cccc(C(=O)OC(C)c2c[nH]c3ccc(CCNC(=O)N(C)C)cc23)c1C. The Morgan fingerprint density at radius 3 is 2.68 bits per heavy atom.